The van der Waals surface area contributed by atoms with Crippen molar-refractivity contribution in [2.24, 2.45) is 0 Å². The summed E-state index contributed by atoms with van der Waals surface area (Å²) in [6.07, 6.45) is 6.45. The maximum Gasteiger partial charge on any atom is 0.247 e. The molecule has 5 heteroatoms. The number of nitrogens with zero attached hydrogens (tertiary/aromatic N) is 1. The smallest absolute Gasteiger partial charge is 0.247 e. The molecule has 1 amide bonds. The zero-order valence-corrected chi connectivity index (χ0v) is 12.7. The molecular weight excluding hydrogens is 272 g/mol. The molecule has 2 aliphatic heterocycles. The van der Waals surface area contributed by atoms with Gasteiger partial charge in [-0.2, -0.15) is 11.8 Å². The molecule has 0 saturated carbocycles. The molecule has 4 nitrogen and oxygen atoms in total. The SMILES string of the molecule is CNC1C(=O)N(CC2CCCCS2)CCc2ccoc21. The fraction of sp³-hybridized carbons (Fsp3) is 0.667. The zero-order chi connectivity index (χ0) is 13.9. The van der Waals surface area contributed by atoms with E-state index < -0.39 is 0 Å². The molecule has 0 spiro atoms. The van der Waals surface area contributed by atoms with Crippen molar-refractivity contribution in [3.8, 4) is 0 Å². The largest absolute Gasteiger partial charge is 0.467 e. The first-order chi connectivity index (χ1) is 9.79. The summed E-state index contributed by atoms with van der Waals surface area (Å²) >= 11 is 2.02. The Kier molecular flexibility index (Phi) is 4.36. The van der Waals surface area contributed by atoms with E-state index in [2.05, 4.69) is 5.32 Å². The van der Waals surface area contributed by atoms with E-state index in [9.17, 15) is 4.79 Å². The van der Waals surface area contributed by atoms with Crippen LogP contribution in [0.1, 0.15) is 36.6 Å². The van der Waals surface area contributed by atoms with Gasteiger partial charge >= 0.3 is 0 Å². The lowest BCUT2D eigenvalue weighted by molar-refractivity contribution is -0.133. The van der Waals surface area contributed by atoms with Crippen LogP contribution in [0.2, 0.25) is 0 Å². The first-order valence-corrected chi connectivity index (χ1v) is 8.48. The minimum Gasteiger partial charge on any atom is -0.467 e. The van der Waals surface area contributed by atoms with Crippen LogP contribution in [0.3, 0.4) is 0 Å². The van der Waals surface area contributed by atoms with Crippen LogP contribution in [0.5, 0.6) is 0 Å². The van der Waals surface area contributed by atoms with Crippen LogP contribution in [0.15, 0.2) is 16.7 Å². The minimum atomic E-state index is -0.323. The third kappa shape index (κ3) is 2.74. The van der Waals surface area contributed by atoms with Gasteiger partial charge in [0.2, 0.25) is 5.91 Å². The lowest BCUT2D eigenvalue weighted by atomic mass is 10.1. The number of carbonyl (C=O) groups excluding carboxylic acids is 1. The number of carbonyl (C=O) groups is 1. The van der Waals surface area contributed by atoms with Crippen LogP contribution >= 0.6 is 11.8 Å². The highest BCUT2D eigenvalue weighted by atomic mass is 32.2. The second kappa shape index (κ2) is 6.22. The van der Waals surface area contributed by atoms with Gasteiger partial charge in [-0.05, 0) is 43.7 Å². The summed E-state index contributed by atoms with van der Waals surface area (Å²) in [5.41, 5.74) is 1.16. The molecule has 2 aliphatic rings. The van der Waals surface area contributed by atoms with Gasteiger partial charge in [0, 0.05) is 18.3 Å². The molecule has 0 aromatic carbocycles. The van der Waals surface area contributed by atoms with Gasteiger partial charge < -0.3 is 14.6 Å². The normalized spacial score (nSPS) is 27.2. The third-order valence-electron chi connectivity index (χ3n) is 4.24. The second-order valence-electron chi connectivity index (χ2n) is 5.55. The molecule has 2 atom stereocenters. The fourth-order valence-electron chi connectivity index (χ4n) is 3.10. The van der Waals surface area contributed by atoms with Crippen molar-refractivity contribution in [3.05, 3.63) is 23.7 Å². The summed E-state index contributed by atoms with van der Waals surface area (Å²) in [6, 6.07) is 1.67. The van der Waals surface area contributed by atoms with Crippen LogP contribution in [-0.2, 0) is 11.2 Å². The Morgan fingerprint density at radius 1 is 1.50 bits per heavy atom. The predicted octanol–water partition coefficient (Wildman–Crippen LogP) is 2.21. The first kappa shape index (κ1) is 14.0. The highest BCUT2D eigenvalue weighted by molar-refractivity contribution is 7.99. The van der Waals surface area contributed by atoms with Crippen molar-refractivity contribution in [1.29, 1.82) is 0 Å². The average Bonchev–Trinajstić information content (AvgIpc) is 2.89. The van der Waals surface area contributed by atoms with Gasteiger partial charge in [0.05, 0.1) is 6.26 Å². The standard InChI is InChI=1S/C15H22N2O2S/c1-16-13-14-11(6-8-19-14)5-7-17(15(13)18)10-12-4-2-3-9-20-12/h6,8,12-13,16H,2-5,7,9-10H2,1H3. The Morgan fingerprint density at radius 2 is 2.40 bits per heavy atom. The van der Waals surface area contributed by atoms with E-state index in [0.717, 1.165) is 30.8 Å². The molecule has 1 aromatic heterocycles. The highest BCUT2D eigenvalue weighted by Gasteiger charge is 2.33. The molecule has 0 aliphatic carbocycles. The molecule has 20 heavy (non-hydrogen) atoms. The molecule has 3 heterocycles. The average molecular weight is 294 g/mol. The molecular formula is C15H22N2O2S. The lowest BCUT2D eigenvalue weighted by Gasteiger charge is -2.30. The van der Waals surface area contributed by atoms with Gasteiger partial charge in [-0.25, -0.2) is 0 Å². The molecule has 0 radical (unpaired) electrons. The zero-order valence-electron chi connectivity index (χ0n) is 11.9. The van der Waals surface area contributed by atoms with Crippen LogP contribution in [-0.4, -0.2) is 41.9 Å². The quantitative estimate of drug-likeness (QED) is 0.928. The predicted molar refractivity (Wildman–Crippen MR) is 80.9 cm³/mol. The molecule has 110 valence electrons. The Morgan fingerprint density at radius 3 is 3.15 bits per heavy atom. The van der Waals surface area contributed by atoms with E-state index in [0.29, 0.717) is 5.25 Å². The van der Waals surface area contributed by atoms with E-state index in [1.807, 2.05) is 29.8 Å². The molecule has 1 saturated heterocycles. The molecule has 0 bridgehead atoms. The van der Waals surface area contributed by atoms with Gasteiger partial charge in [0.1, 0.15) is 11.8 Å². The monoisotopic (exact) mass is 294 g/mol. The molecule has 3 rings (SSSR count). The van der Waals surface area contributed by atoms with Crippen LogP contribution < -0.4 is 5.32 Å². The molecule has 1 fully saturated rings. The van der Waals surface area contributed by atoms with Crippen molar-refractivity contribution in [2.75, 3.05) is 25.9 Å². The lowest BCUT2D eigenvalue weighted by Crippen LogP contribution is -2.42. The third-order valence-corrected chi connectivity index (χ3v) is 5.62. The topological polar surface area (TPSA) is 45.5 Å². The van der Waals surface area contributed by atoms with Crippen molar-refractivity contribution >= 4 is 17.7 Å². The summed E-state index contributed by atoms with van der Waals surface area (Å²) in [7, 11) is 1.83. The number of hydrogen-bond donors (Lipinski definition) is 1. The number of furan rings is 1. The van der Waals surface area contributed by atoms with Crippen LogP contribution in [0.4, 0.5) is 0 Å². The second-order valence-corrected chi connectivity index (χ2v) is 6.96. The minimum absolute atomic E-state index is 0.160. The fourth-order valence-corrected chi connectivity index (χ4v) is 4.42. The van der Waals surface area contributed by atoms with Crippen molar-refractivity contribution in [2.45, 2.75) is 37.0 Å². The Labute approximate surface area is 124 Å². The van der Waals surface area contributed by atoms with Crippen molar-refractivity contribution in [3.63, 3.8) is 0 Å². The van der Waals surface area contributed by atoms with E-state index in [1.165, 1.54) is 25.0 Å². The van der Waals surface area contributed by atoms with Gasteiger partial charge in [-0.1, -0.05) is 6.42 Å². The summed E-state index contributed by atoms with van der Waals surface area (Å²) in [5.74, 6) is 2.20. The molecule has 1 aromatic rings. The Hall–Kier alpha value is -0.940. The maximum absolute atomic E-state index is 12.7. The van der Waals surface area contributed by atoms with Crippen molar-refractivity contribution < 1.29 is 9.21 Å². The number of amides is 1. The van der Waals surface area contributed by atoms with Gasteiger partial charge in [-0.15, -0.1) is 0 Å². The van der Waals surface area contributed by atoms with E-state index in [1.54, 1.807) is 6.26 Å². The Bertz CT molecular complexity index is 468. The van der Waals surface area contributed by atoms with Gasteiger partial charge in [0.15, 0.2) is 0 Å². The molecule has 1 N–H and O–H groups in total. The van der Waals surface area contributed by atoms with E-state index in [4.69, 9.17) is 4.42 Å². The number of nitrogens with one attached hydrogen (secondary N) is 1. The number of hydrogen-bond acceptors (Lipinski definition) is 4. The summed E-state index contributed by atoms with van der Waals surface area (Å²) in [5, 5.41) is 3.72. The summed E-state index contributed by atoms with van der Waals surface area (Å²) in [4.78, 5) is 14.7. The van der Waals surface area contributed by atoms with Gasteiger partial charge in [0.25, 0.3) is 0 Å². The van der Waals surface area contributed by atoms with E-state index in [-0.39, 0.29) is 11.9 Å². The van der Waals surface area contributed by atoms with E-state index >= 15 is 0 Å². The number of fused-ring (bicyclic) bond motifs is 1. The van der Waals surface area contributed by atoms with Gasteiger partial charge in [-0.3, -0.25) is 4.79 Å². The molecule has 2 unspecified atom stereocenters. The number of likely N-dealkylation sites (N-methyl/N-ethyl adjacent to an activating group) is 1. The highest BCUT2D eigenvalue weighted by Crippen LogP contribution is 2.29. The van der Waals surface area contributed by atoms with Crippen LogP contribution in [0, 0.1) is 0 Å². The van der Waals surface area contributed by atoms with Crippen molar-refractivity contribution in [1.82, 2.24) is 10.2 Å². The number of rotatable bonds is 3. The van der Waals surface area contributed by atoms with Crippen LogP contribution in [0.25, 0.3) is 0 Å². The Balaban J connectivity index is 1.73. The first-order valence-electron chi connectivity index (χ1n) is 7.43. The number of thioether (sulfide) groups is 1. The maximum atomic E-state index is 12.7. The summed E-state index contributed by atoms with van der Waals surface area (Å²) in [6.45, 7) is 1.69. The summed E-state index contributed by atoms with van der Waals surface area (Å²) < 4.78 is 5.53.